The van der Waals surface area contributed by atoms with Gasteiger partial charge in [0.2, 0.25) is 0 Å². The molecule has 1 heterocycles. The molecule has 1 aliphatic heterocycles. The van der Waals surface area contributed by atoms with E-state index in [-0.39, 0.29) is 0 Å². The van der Waals surface area contributed by atoms with Gasteiger partial charge in [-0.1, -0.05) is 6.92 Å². The van der Waals surface area contributed by atoms with E-state index in [1.54, 1.807) is 0 Å². The number of ether oxygens (including phenoxy) is 1. The molecule has 88 valence electrons. The van der Waals surface area contributed by atoms with E-state index < -0.39 is 0 Å². The Hall–Kier alpha value is -0.830. The second-order valence-electron chi connectivity index (χ2n) is 3.90. The first-order valence-corrected chi connectivity index (χ1v) is 7.13. The van der Waals surface area contributed by atoms with Crippen molar-refractivity contribution < 1.29 is 4.74 Å². The van der Waals surface area contributed by atoms with E-state index >= 15 is 0 Å². The van der Waals surface area contributed by atoms with Gasteiger partial charge in [-0.05, 0) is 41.7 Å². The summed E-state index contributed by atoms with van der Waals surface area (Å²) in [7, 11) is 0. The lowest BCUT2D eigenvalue weighted by atomic mass is 10.1. The minimum absolute atomic E-state index is 0.839. The van der Waals surface area contributed by atoms with Gasteiger partial charge in [-0.3, -0.25) is 0 Å². The fourth-order valence-corrected chi connectivity index (χ4v) is 2.48. The molecule has 0 unspecified atom stereocenters. The summed E-state index contributed by atoms with van der Waals surface area (Å²) in [6.45, 7) is 4.11. The van der Waals surface area contributed by atoms with Crippen LogP contribution in [0.1, 0.15) is 18.9 Å². The highest BCUT2D eigenvalue weighted by Gasteiger charge is 2.11. The smallest absolute Gasteiger partial charge is 0.122 e. The van der Waals surface area contributed by atoms with Gasteiger partial charge in [0, 0.05) is 18.7 Å². The van der Waals surface area contributed by atoms with Crippen molar-refractivity contribution in [2.45, 2.75) is 19.8 Å². The molecule has 0 fully saturated rings. The van der Waals surface area contributed by atoms with Crippen LogP contribution in [0.5, 0.6) is 5.75 Å². The van der Waals surface area contributed by atoms with Crippen molar-refractivity contribution in [3.05, 3.63) is 23.8 Å². The van der Waals surface area contributed by atoms with E-state index in [0.717, 1.165) is 25.3 Å². The zero-order chi connectivity index (χ0) is 11.2. The minimum atomic E-state index is 0.839. The molecule has 0 aliphatic carbocycles. The summed E-state index contributed by atoms with van der Waals surface area (Å²) >= 11 is 2.00. The Morgan fingerprint density at radius 1 is 1.44 bits per heavy atom. The zero-order valence-electron chi connectivity index (χ0n) is 9.79. The molecule has 0 saturated carbocycles. The molecule has 0 bridgehead atoms. The Labute approximate surface area is 102 Å². The maximum absolute atomic E-state index is 5.48. The molecule has 0 aromatic heterocycles. The average molecular weight is 237 g/mol. The Kier molecular flexibility index (Phi) is 4.40. The van der Waals surface area contributed by atoms with Gasteiger partial charge < -0.3 is 10.1 Å². The van der Waals surface area contributed by atoms with E-state index in [2.05, 4.69) is 30.4 Å². The first kappa shape index (κ1) is 11.6. The van der Waals surface area contributed by atoms with Crippen LogP contribution in [0.3, 0.4) is 0 Å². The molecular formula is C13H19NOS. The standard InChI is InChI=1S/C13H19NOS/c1-2-16-9-3-7-14-12-4-5-13-11(10-12)6-8-15-13/h4-5,10,14H,2-3,6-9H2,1H3. The van der Waals surface area contributed by atoms with Crippen LogP contribution in [0.15, 0.2) is 18.2 Å². The molecule has 3 heteroatoms. The quantitative estimate of drug-likeness (QED) is 0.768. The maximum Gasteiger partial charge on any atom is 0.122 e. The molecule has 0 radical (unpaired) electrons. The molecule has 2 nitrogen and oxygen atoms in total. The van der Waals surface area contributed by atoms with Crippen LogP contribution in [0.4, 0.5) is 5.69 Å². The largest absolute Gasteiger partial charge is 0.493 e. The van der Waals surface area contributed by atoms with Gasteiger partial charge in [-0.25, -0.2) is 0 Å². The first-order valence-electron chi connectivity index (χ1n) is 5.97. The summed E-state index contributed by atoms with van der Waals surface area (Å²) in [4.78, 5) is 0. The molecule has 16 heavy (non-hydrogen) atoms. The molecule has 0 saturated heterocycles. The predicted octanol–water partition coefficient (Wildman–Crippen LogP) is 3.18. The zero-order valence-corrected chi connectivity index (χ0v) is 10.6. The van der Waals surface area contributed by atoms with Crippen LogP contribution in [-0.4, -0.2) is 24.7 Å². The Morgan fingerprint density at radius 2 is 2.38 bits per heavy atom. The van der Waals surface area contributed by atoms with Crippen molar-refractivity contribution in [3.8, 4) is 5.75 Å². The van der Waals surface area contributed by atoms with Crippen LogP contribution in [-0.2, 0) is 6.42 Å². The third-order valence-electron chi connectivity index (χ3n) is 2.69. The van der Waals surface area contributed by atoms with Crippen LogP contribution in [0.2, 0.25) is 0 Å². The number of nitrogens with one attached hydrogen (secondary N) is 1. The van der Waals surface area contributed by atoms with Gasteiger partial charge in [0.15, 0.2) is 0 Å². The summed E-state index contributed by atoms with van der Waals surface area (Å²) in [5, 5.41) is 3.46. The summed E-state index contributed by atoms with van der Waals surface area (Å²) in [6, 6.07) is 6.40. The van der Waals surface area contributed by atoms with Gasteiger partial charge in [-0.2, -0.15) is 11.8 Å². The summed E-state index contributed by atoms with van der Waals surface area (Å²) < 4.78 is 5.48. The van der Waals surface area contributed by atoms with Crippen molar-refractivity contribution >= 4 is 17.4 Å². The Morgan fingerprint density at radius 3 is 3.25 bits per heavy atom. The summed E-state index contributed by atoms with van der Waals surface area (Å²) in [5.41, 5.74) is 2.57. The van der Waals surface area contributed by atoms with E-state index in [1.807, 2.05) is 11.8 Å². The van der Waals surface area contributed by atoms with Gasteiger partial charge in [0.25, 0.3) is 0 Å². The van der Waals surface area contributed by atoms with E-state index in [9.17, 15) is 0 Å². The molecule has 1 N–H and O–H groups in total. The van der Waals surface area contributed by atoms with E-state index in [0.29, 0.717) is 0 Å². The van der Waals surface area contributed by atoms with Gasteiger partial charge >= 0.3 is 0 Å². The van der Waals surface area contributed by atoms with Crippen LogP contribution in [0.25, 0.3) is 0 Å². The van der Waals surface area contributed by atoms with Gasteiger partial charge in [-0.15, -0.1) is 0 Å². The third-order valence-corrected chi connectivity index (χ3v) is 3.67. The molecular weight excluding hydrogens is 218 g/mol. The highest BCUT2D eigenvalue weighted by Crippen LogP contribution is 2.27. The van der Waals surface area contributed by atoms with Gasteiger partial charge in [0.05, 0.1) is 6.61 Å². The fourth-order valence-electron chi connectivity index (χ4n) is 1.85. The number of hydrogen-bond acceptors (Lipinski definition) is 3. The minimum Gasteiger partial charge on any atom is -0.493 e. The molecule has 0 spiro atoms. The van der Waals surface area contributed by atoms with Crippen molar-refractivity contribution in [1.29, 1.82) is 0 Å². The summed E-state index contributed by atoms with van der Waals surface area (Å²) in [5.74, 6) is 3.53. The lowest BCUT2D eigenvalue weighted by Crippen LogP contribution is -2.02. The third kappa shape index (κ3) is 3.08. The number of anilines is 1. The number of hydrogen-bond donors (Lipinski definition) is 1. The van der Waals surface area contributed by atoms with Crippen LogP contribution >= 0.6 is 11.8 Å². The van der Waals surface area contributed by atoms with Gasteiger partial charge in [0.1, 0.15) is 5.75 Å². The van der Waals surface area contributed by atoms with Crippen LogP contribution < -0.4 is 10.1 Å². The Balaban J connectivity index is 1.77. The normalized spacial score (nSPS) is 13.3. The number of benzene rings is 1. The molecule has 1 aliphatic rings. The van der Waals surface area contributed by atoms with Crippen molar-refractivity contribution in [2.75, 3.05) is 30.0 Å². The second kappa shape index (κ2) is 6.04. The van der Waals surface area contributed by atoms with Crippen LogP contribution in [0, 0.1) is 0 Å². The fraction of sp³-hybridized carbons (Fsp3) is 0.538. The topological polar surface area (TPSA) is 21.3 Å². The second-order valence-corrected chi connectivity index (χ2v) is 5.29. The molecule has 1 aromatic rings. The number of thioether (sulfide) groups is 1. The maximum atomic E-state index is 5.48. The first-order chi connectivity index (χ1) is 7.90. The predicted molar refractivity (Wildman–Crippen MR) is 71.7 cm³/mol. The van der Waals surface area contributed by atoms with Crippen molar-refractivity contribution in [3.63, 3.8) is 0 Å². The lowest BCUT2D eigenvalue weighted by Gasteiger charge is -2.07. The lowest BCUT2D eigenvalue weighted by molar-refractivity contribution is 0.357. The molecule has 1 aromatic carbocycles. The highest BCUT2D eigenvalue weighted by molar-refractivity contribution is 7.99. The molecule has 0 amide bonds. The van der Waals surface area contributed by atoms with E-state index in [4.69, 9.17) is 4.74 Å². The highest BCUT2D eigenvalue weighted by atomic mass is 32.2. The SMILES string of the molecule is CCSCCCNc1ccc2c(c1)CCO2. The van der Waals surface area contributed by atoms with E-state index in [1.165, 1.54) is 29.2 Å². The molecule has 2 rings (SSSR count). The number of rotatable bonds is 6. The monoisotopic (exact) mass is 237 g/mol. The Bertz CT molecular complexity index is 341. The molecule has 0 atom stereocenters. The number of fused-ring (bicyclic) bond motifs is 1. The van der Waals surface area contributed by atoms with Crippen molar-refractivity contribution in [2.24, 2.45) is 0 Å². The average Bonchev–Trinajstić information content (AvgIpc) is 2.76. The summed E-state index contributed by atoms with van der Waals surface area (Å²) in [6.07, 6.45) is 2.28. The van der Waals surface area contributed by atoms with Crippen molar-refractivity contribution in [1.82, 2.24) is 0 Å².